The summed E-state index contributed by atoms with van der Waals surface area (Å²) in [6, 6.07) is 5.98. The molecular formula is C22H19BrN2O5S. The van der Waals surface area contributed by atoms with Crippen LogP contribution in [0.1, 0.15) is 38.1 Å². The summed E-state index contributed by atoms with van der Waals surface area (Å²) in [5, 5.41) is 10.1. The molecule has 3 aromatic rings. The zero-order chi connectivity index (χ0) is 22.3. The topological polar surface area (TPSA) is 94.0 Å². The minimum Gasteiger partial charge on any atom is -0.504 e. The Kier molecular flexibility index (Phi) is 5.72. The molecule has 0 bridgehead atoms. The molecule has 31 heavy (non-hydrogen) atoms. The van der Waals surface area contributed by atoms with E-state index < -0.39 is 6.04 Å². The number of furan rings is 1. The Balaban J connectivity index is 1.95. The third kappa shape index (κ3) is 3.79. The van der Waals surface area contributed by atoms with Gasteiger partial charge in [-0.05, 0) is 56.7 Å². The predicted octanol–water partition coefficient (Wildman–Crippen LogP) is 3.28. The molecular weight excluding hydrogens is 484 g/mol. The maximum Gasteiger partial charge on any atom is 0.271 e. The molecule has 9 heteroatoms. The van der Waals surface area contributed by atoms with Crippen molar-refractivity contribution in [2.24, 2.45) is 4.99 Å². The number of thiazole rings is 1. The van der Waals surface area contributed by atoms with Gasteiger partial charge >= 0.3 is 0 Å². The van der Waals surface area contributed by atoms with Gasteiger partial charge in [0.15, 0.2) is 22.1 Å². The Morgan fingerprint density at radius 3 is 2.87 bits per heavy atom. The normalized spacial score (nSPS) is 16.3. The van der Waals surface area contributed by atoms with Gasteiger partial charge in [-0.25, -0.2) is 4.99 Å². The number of phenolic OH excluding ortho intramolecular Hbond substituents is 1. The van der Waals surface area contributed by atoms with Gasteiger partial charge in [0, 0.05) is 15.7 Å². The van der Waals surface area contributed by atoms with Crippen LogP contribution in [0.15, 0.2) is 60.5 Å². The number of benzene rings is 1. The molecule has 1 aliphatic rings. The molecule has 1 atom stereocenters. The average Bonchev–Trinajstić information content (AvgIpc) is 3.33. The summed E-state index contributed by atoms with van der Waals surface area (Å²) < 4.78 is 13.6. The standard InChI is InChI=1S/C22H19BrN2O5S/c1-4-29-17-8-13(14(23)10-15(17)27)9-18-21(28)25-20(16-6-5-7-30-16)19(12(3)26)11(2)24-22(25)31-18/h5-10,20,27H,4H2,1-3H3/b18-9+/t20-/m1/s1. The number of carbonyl (C=O) groups is 1. The number of hydrogen-bond donors (Lipinski definition) is 1. The SMILES string of the molecule is CCOc1cc(/C=c2/sc3n(c2=O)[C@H](c2ccco2)C(C(C)=O)=C(C)N=3)c(Br)cc1O. The average molecular weight is 503 g/mol. The highest BCUT2D eigenvalue weighted by molar-refractivity contribution is 9.10. The Labute approximate surface area is 189 Å². The number of rotatable bonds is 5. The zero-order valence-corrected chi connectivity index (χ0v) is 19.4. The third-order valence-corrected chi connectivity index (χ3v) is 6.55. The summed E-state index contributed by atoms with van der Waals surface area (Å²) >= 11 is 4.65. The minimum atomic E-state index is -0.673. The maximum absolute atomic E-state index is 13.4. The number of ether oxygens (including phenoxy) is 1. The van der Waals surface area contributed by atoms with Crippen molar-refractivity contribution in [3.8, 4) is 11.5 Å². The summed E-state index contributed by atoms with van der Waals surface area (Å²) in [7, 11) is 0. The summed E-state index contributed by atoms with van der Waals surface area (Å²) in [4.78, 5) is 30.8. The number of halogens is 1. The molecule has 0 saturated carbocycles. The highest BCUT2D eigenvalue weighted by atomic mass is 79.9. The Morgan fingerprint density at radius 1 is 1.45 bits per heavy atom. The number of ketones is 1. The summed E-state index contributed by atoms with van der Waals surface area (Å²) in [5.74, 6) is 0.663. The van der Waals surface area contributed by atoms with Crippen LogP contribution in [-0.4, -0.2) is 22.1 Å². The molecule has 0 amide bonds. The van der Waals surface area contributed by atoms with E-state index in [1.54, 1.807) is 31.2 Å². The second kappa shape index (κ2) is 8.32. The van der Waals surface area contributed by atoms with Crippen LogP contribution >= 0.6 is 27.3 Å². The van der Waals surface area contributed by atoms with E-state index in [1.807, 2.05) is 6.92 Å². The lowest BCUT2D eigenvalue weighted by atomic mass is 9.98. The molecule has 4 rings (SSSR count). The molecule has 7 nitrogen and oxygen atoms in total. The summed E-state index contributed by atoms with van der Waals surface area (Å²) in [5.41, 5.74) is 1.38. The molecule has 0 fully saturated rings. The van der Waals surface area contributed by atoms with Crippen LogP contribution in [0.25, 0.3) is 6.08 Å². The van der Waals surface area contributed by atoms with Gasteiger partial charge in [0.05, 0.1) is 17.4 Å². The van der Waals surface area contributed by atoms with Crippen LogP contribution in [0, 0.1) is 0 Å². The van der Waals surface area contributed by atoms with Crippen LogP contribution in [-0.2, 0) is 4.79 Å². The third-order valence-electron chi connectivity index (χ3n) is 4.88. The van der Waals surface area contributed by atoms with E-state index in [-0.39, 0.29) is 17.1 Å². The first-order valence-electron chi connectivity index (χ1n) is 9.54. The van der Waals surface area contributed by atoms with Gasteiger partial charge in [0.2, 0.25) is 0 Å². The first kappa shape index (κ1) is 21.3. The summed E-state index contributed by atoms with van der Waals surface area (Å²) in [6.45, 7) is 5.44. The van der Waals surface area contributed by atoms with Gasteiger partial charge in [-0.3, -0.25) is 14.2 Å². The fourth-order valence-electron chi connectivity index (χ4n) is 3.57. The lowest BCUT2D eigenvalue weighted by Crippen LogP contribution is -2.39. The smallest absolute Gasteiger partial charge is 0.271 e. The zero-order valence-electron chi connectivity index (χ0n) is 17.0. The lowest BCUT2D eigenvalue weighted by Gasteiger charge is -2.22. The van der Waals surface area contributed by atoms with Crippen LogP contribution in [0.5, 0.6) is 11.5 Å². The number of carbonyl (C=O) groups excluding carboxylic acids is 1. The number of phenols is 1. The molecule has 1 aromatic carbocycles. The van der Waals surface area contributed by atoms with E-state index in [0.717, 1.165) is 0 Å². The molecule has 1 N–H and O–H groups in total. The highest BCUT2D eigenvalue weighted by Crippen LogP contribution is 2.33. The van der Waals surface area contributed by atoms with Gasteiger partial charge in [-0.1, -0.05) is 27.3 Å². The molecule has 3 heterocycles. The number of allylic oxidation sites excluding steroid dienone is 2. The van der Waals surface area contributed by atoms with Crippen molar-refractivity contribution < 1.29 is 19.1 Å². The number of aromatic hydroxyl groups is 1. The Morgan fingerprint density at radius 2 is 2.23 bits per heavy atom. The van der Waals surface area contributed by atoms with Crippen molar-refractivity contribution in [3.05, 3.63) is 77.3 Å². The number of fused-ring (bicyclic) bond motifs is 1. The van der Waals surface area contributed by atoms with Gasteiger partial charge in [0.1, 0.15) is 11.8 Å². The van der Waals surface area contributed by atoms with Crippen molar-refractivity contribution >= 4 is 39.1 Å². The lowest BCUT2D eigenvalue weighted by molar-refractivity contribution is -0.114. The molecule has 0 spiro atoms. The Bertz CT molecular complexity index is 1380. The first-order valence-corrected chi connectivity index (χ1v) is 11.1. The number of hydrogen-bond acceptors (Lipinski definition) is 7. The van der Waals surface area contributed by atoms with Crippen molar-refractivity contribution in [1.82, 2.24) is 4.57 Å². The molecule has 2 aromatic heterocycles. The largest absolute Gasteiger partial charge is 0.504 e. The maximum atomic E-state index is 13.4. The van der Waals surface area contributed by atoms with Gasteiger partial charge < -0.3 is 14.3 Å². The van der Waals surface area contributed by atoms with Gasteiger partial charge in [0.25, 0.3) is 5.56 Å². The van der Waals surface area contributed by atoms with E-state index in [9.17, 15) is 14.7 Å². The molecule has 0 unspecified atom stereocenters. The fraction of sp³-hybridized carbons (Fsp3) is 0.227. The highest BCUT2D eigenvalue weighted by Gasteiger charge is 2.32. The van der Waals surface area contributed by atoms with Gasteiger partial charge in [-0.15, -0.1) is 0 Å². The monoisotopic (exact) mass is 502 g/mol. The van der Waals surface area contributed by atoms with Gasteiger partial charge in [-0.2, -0.15) is 0 Å². The van der Waals surface area contributed by atoms with Crippen LogP contribution in [0.2, 0.25) is 0 Å². The van der Waals surface area contributed by atoms with Crippen LogP contribution in [0.3, 0.4) is 0 Å². The van der Waals surface area contributed by atoms with E-state index in [0.29, 0.717) is 48.8 Å². The van der Waals surface area contributed by atoms with E-state index >= 15 is 0 Å². The molecule has 160 valence electrons. The van der Waals surface area contributed by atoms with E-state index in [4.69, 9.17) is 9.15 Å². The van der Waals surface area contributed by atoms with Crippen molar-refractivity contribution in [2.45, 2.75) is 26.8 Å². The first-order chi connectivity index (χ1) is 14.8. The minimum absolute atomic E-state index is 0.00637. The van der Waals surface area contributed by atoms with Crippen LogP contribution < -0.4 is 19.6 Å². The van der Waals surface area contributed by atoms with Crippen molar-refractivity contribution in [3.63, 3.8) is 0 Å². The van der Waals surface area contributed by atoms with Crippen LogP contribution in [0.4, 0.5) is 0 Å². The number of Topliss-reactive ketones (excluding diaryl/α,β-unsaturated/α-hetero) is 1. The molecule has 0 aliphatic carbocycles. The number of nitrogens with zero attached hydrogens (tertiary/aromatic N) is 2. The Hall–Kier alpha value is -2.91. The molecule has 0 saturated heterocycles. The second-order valence-corrected chi connectivity index (χ2v) is 8.79. The fourth-order valence-corrected chi connectivity index (χ4v) is 5.05. The summed E-state index contributed by atoms with van der Waals surface area (Å²) in [6.07, 6.45) is 3.23. The van der Waals surface area contributed by atoms with Crippen molar-refractivity contribution in [1.29, 1.82) is 0 Å². The second-order valence-electron chi connectivity index (χ2n) is 6.93. The molecule has 0 radical (unpaired) electrons. The number of aromatic nitrogens is 1. The van der Waals surface area contributed by atoms with E-state index in [1.165, 1.54) is 35.2 Å². The predicted molar refractivity (Wildman–Crippen MR) is 120 cm³/mol. The van der Waals surface area contributed by atoms with Crippen molar-refractivity contribution in [2.75, 3.05) is 6.61 Å². The quantitative estimate of drug-likeness (QED) is 0.577. The van der Waals surface area contributed by atoms with E-state index in [2.05, 4.69) is 20.9 Å². The molecule has 1 aliphatic heterocycles.